The number of aliphatic hydroxyl groups is 1. The average Bonchev–Trinajstić information content (AvgIpc) is 3.15. The SMILES string of the molecule is CS(=O)(=O)NC1(COc2noc(C(=O)N[C@H]3C4CC5CC3C[C@](O)(C5)C4)c2SC2CCCC2)CC1. The van der Waals surface area contributed by atoms with E-state index in [4.69, 9.17) is 9.26 Å². The number of nitrogens with zero attached hydrogens (tertiary/aromatic N) is 1. The third-order valence-electron chi connectivity index (χ3n) is 8.69. The summed E-state index contributed by atoms with van der Waals surface area (Å²) in [6, 6.07) is 0.0480. The van der Waals surface area contributed by atoms with Crippen molar-refractivity contribution in [3.63, 3.8) is 0 Å². The van der Waals surface area contributed by atoms with Gasteiger partial charge in [0, 0.05) is 11.3 Å². The van der Waals surface area contributed by atoms with Gasteiger partial charge in [-0.2, -0.15) is 0 Å². The fraction of sp³-hybridized carbons (Fsp3) is 0.833. The first-order valence-corrected chi connectivity index (χ1v) is 15.7. The van der Waals surface area contributed by atoms with E-state index in [1.165, 1.54) is 0 Å². The Balaban J connectivity index is 1.19. The van der Waals surface area contributed by atoms with Crippen LogP contribution in [0.5, 0.6) is 5.88 Å². The number of hydrogen-bond acceptors (Lipinski definition) is 8. The minimum Gasteiger partial charge on any atom is -0.473 e. The van der Waals surface area contributed by atoms with E-state index in [0.29, 0.717) is 40.7 Å². The molecule has 3 N–H and O–H groups in total. The zero-order valence-electron chi connectivity index (χ0n) is 20.1. The van der Waals surface area contributed by atoms with Crippen LogP contribution in [0.4, 0.5) is 0 Å². The first-order chi connectivity index (χ1) is 16.6. The van der Waals surface area contributed by atoms with E-state index in [1.54, 1.807) is 11.8 Å². The van der Waals surface area contributed by atoms with Crippen molar-refractivity contribution in [1.82, 2.24) is 15.2 Å². The number of sulfonamides is 1. The number of rotatable bonds is 9. The van der Waals surface area contributed by atoms with Crippen molar-refractivity contribution in [3.8, 4) is 5.88 Å². The zero-order chi connectivity index (χ0) is 24.4. The van der Waals surface area contributed by atoms with Crippen molar-refractivity contribution in [2.75, 3.05) is 12.9 Å². The van der Waals surface area contributed by atoms with Crippen LogP contribution in [0.1, 0.15) is 81.2 Å². The van der Waals surface area contributed by atoms with Crippen LogP contribution in [0, 0.1) is 17.8 Å². The van der Waals surface area contributed by atoms with Crippen LogP contribution < -0.4 is 14.8 Å². The summed E-state index contributed by atoms with van der Waals surface area (Å²) in [5, 5.41) is 18.6. The molecule has 0 aliphatic heterocycles. The molecule has 0 aromatic carbocycles. The number of thioether (sulfide) groups is 1. The molecule has 35 heavy (non-hydrogen) atoms. The molecule has 6 aliphatic carbocycles. The fourth-order valence-corrected chi connectivity index (χ4v) is 9.63. The Morgan fingerprint density at radius 2 is 1.89 bits per heavy atom. The van der Waals surface area contributed by atoms with E-state index in [9.17, 15) is 18.3 Å². The third kappa shape index (κ3) is 4.98. The van der Waals surface area contributed by atoms with Gasteiger partial charge in [0.1, 0.15) is 11.5 Å². The minimum absolute atomic E-state index is 0.0480. The molecule has 1 aromatic rings. The molecule has 7 rings (SSSR count). The lowest BCUT2D eigenvalue weighted by atomic mass is 9.52. The molecule has 1 amide bonds. The number of nitrogens with one attached hydrogen (secondary N) is 2. The predicted octanol–water partition coefficient (Wildman–Crippen LogP) is 2.84. The minimum atomic E-state index is -3.35. The van der Waals surface area contributed by atoms with E-state index < -0.39 is 21.2 Å². The van der Waals surface area contributed by atoms with Crippen LogP contribution in [-0.4, -0.2) is 59.9 Å². The molecule has 2 unspecified atom stereocenters. The summed E-state index contributed by atoms with van der Waals surface area (Å²) in [6.07, 6.45) is 11.6. The summed E-state index contributed by atoms with van der Waals surface area (Å²) >= 11 is 1.59. The smallest absolute Gasteiger partial charge is 0.291 e. The van der Waals surface area contributed by atoms with E-state index in [2.05, 4.69) is 15.2 Å². The zero-order valence-corrected chi connectivity index (χ0v) is 21.8. The van der Waals surface area contributed by atoms with Gasteiger partial charge in [0.05, 0.1) is 17.4 Å². The predicted molar refractivity (Wildman–Crippen MR) is 130 cm³/mol. The van der Waals surface area contributed by atoms with Gasteiger partial charge in [-0.25, -0.2) is 13.1 Å². The number of aromatic nitrogens is 1. The van der Waals surface area contributed by atoms with E-state index >= 15 is 0 Å². The maximum atomic E-state index is 13.5. The molecule has 6 aliphatic rings. The van der Waals surface area contributed by atoms with Crippen LogP contribution in [0.3, 0.4) is 0 Å². The van der Waals surface area contributed by atoms with Crippen molar-refractivity contribution in [1.29, 1.82) is 0 Å². The average molecular weight is 526 g/mol. The Bertz CT molecular complexity index is 1080. The molecule has 11 heteroatoms. The number of hydrogen-bond donors (Lipinski definition) is 3. The van der Waals surface area contributed by atoms with Crippen molar-refractivity contribution in [2.45, 2.75) is 98.0 Å². The molecule has 194 valence electrons. The number of carbonyl (C=O) groups excluding carboxylic acids is 1. The van der Waals surface area contributed by atoms with Crippen LogP contribution >= 0.6 is 11.8 Å². The Kier molecular flexibility index (Phi) is 5.93. The van der Waals surface area contributed by atoms with Crippen LogP contribution in [0.15, 0.2) is 9.42 Å². The Morgan fingerprint density at radius 3 is 2.49 bits per heavy atom. The van der Waals surface area contributed by atoms with Crippen molar-refractivity contribution in [2.24, 2.45) is 17.8 Å². The van der Waals surface area contributed by atoms with Gasteiger partial charge in [-0.15, -0.1) is 11.8 Å². The molecule has 9 nitrogen and oxygen atoms in total. The Labute approximate surface area is 210 Å². The van der Waals surface area contributed by atoms with Crippen molar-refractivity contribution < 1.29 is 27.6 Å². The number of amides is 1. The van der Waals surface area contributed by atoms with Crippen LogP contribution in [-0.2, 0) is 10.0 Å². The van der Waals surface area contributed by atoms with Crippen LogP contribution in [0.2, 0.25) is 0 Å². The van der Waals surface area contributed by atoms with Gasteiger partial charge in [-0.1, -0.05) is 12.8 Å². The lowest BCUT2D eigenvalue weighted by molar-refractivity contribution is -0.137. The van der Waals surface area contributed by atoms with E-state index in [0.717, 1.165) is 64.0 Å². The molecule has 0 spiro atoms. The van der Waals surface area contributed by atoms with Gasteiger partial charge < -0.3 is 19.7 Å². The highest BCUT2D eigenvalue weighted by Gasteiger charge is 2.55. The summed E-state index contributed by atoms with van der Waals surface area (Å²) in [7, 11) is -3.35. The van der Waals surface area contributed by atoms with Crippen LogP contribution in [0.25, 0.3) is 0 Å². The van der Waals surface area contributed by atoms with Gasteiger partial charge in [0.2, 0.25) is 15.8 Å². The van der Waals surface area contributed by atoms with E-state index in [1.807, 2.05) is 0 Å². The highest BCUT2D eigenvalue weighted by Crippen LogP contribution is 2.55. The maximum Gasteiger partial charge on any atom is 0.291 e. The third-order valence-corrected chi connectivity index (χ3v) is 10.9. The van der Waals surface area contributed by atoms with Gasteiger partial charge in [-0.3, -0.25) is 4.79 Å². The Morgan fingerprint density at radius 1 is 1.20 bits per heavy atom. The molecular weight excluding hydrogens is 490 g/mol. The van der Waals surface area contributed by atoms with Gasteiger partial charge in [-0.05, 0) is 80.7 Å². The summed E-state index contributed by atoms with van der Waals surface area (Å²) in [5.74, 6) is 1.36. The van der Waals surface area contributed by atoms with Crippen molar-refractivity contribution >= 4 is 27.7 Å². The van der Waals surface area contributed by atoms with Gasteiger partial charge >= 0.3 is 0 Å². The summed E-state index contributed by atoms with van der Waals surface area (Å²) in [5.41, 5.74) is -1.15. The summed E-state index contributed by atoms with van der Waals surface area (Å²) < 4.78 is 37.7. The fourth-order valence-electron chi connectivity index (χ4n) is 7.24. The quantitative estimate of drug-likeness (QED) is 0.449. The molecule has 6 saturated carbocycles. The van der Waals surface area contributed by atoms with Gasteiger partial charge in [0.15, 0.2) is 0 Å². The van der Waals surface area contributed by atoms with Crippen molar-refractivity contribution in [3.05, 3.63) is 5.76 Å². The monoisotopic (exact) mass is 525 g/mol. The highest BCUT2D eigenvalue weighted by atomic mass is 32.2. The molecule has 0 saturated heterocycles. The first-order valence-electron chi connectivity index (χ1n) is 12.9. The second kappa shape index (κ2) is 8.63. The topological polar surface area (TPSA) is 131 Å². The lowest BCUT2D eigenvalue weighted by Crippen LogP contribution is -2.61. The molecular formula is C24H35N3O6S2. The largest absolute Gasteiger partial charge is 0.473 e. The second-order valence-electron chi connectivity index (χ2n) is 11.8. The molecule has 6 fully saturated rings. The number of ether oxygens (including phenoxy) is 1. The molecule has 4 bridgehead atoms. The molecule has 0 radical (unpaired) electrons. The van der Waals surface area contributed by atoms with Gasteiger partial charge in [0.25, 0.3) is 11.8 Å². The second-order valence-corrected chi connectivity index (χ2v) is 14.9. The Hall–Kier alpha value is -1.30. The first kappa shape index (κ1) is 24.1. The maximum absolute atomic E-state index is 13.5. The highest BCUT2D eigenvalue weighted by molar-refractivity contribution is 8.00. The standard InChI is InChI=1S/C24H35N3O6S2/c1-35(30,31)27-23(6-7-23)13-32-22-20(34-17-4-2-3-5-17)19(33-26-22)21(28)25-18-15-8-14-9-16(18)12-24(29,10-14)11-15/h14-18,27,29H,2-13H2,1H3,(H,25,28)/t14?,15?,16?,18-,24-. The molecule has 1 heterocycles. The van der Waals surface area contributed by atoms with E-state index in [-0.39, 0.29) is 30.2 Å². The molecule has 1 aromatic heterocycles. The lowest BCUT2D eigenvalue weighted by Gasteiger charge is -2.58. The summed E-state index contributed by atoms with van der Waals surface area (Å²) in [4.78, 5) is 14.1. The summed E-state index contributed by atoms with van der Waals surface area (Å²) in [6.45, 7) is 0.151. The number of carbonyl (C=O) groups is 1. The normalized spacial score (nSPS) is 35.4. The molecule has 2 atom stereocenters.